The van der Waals surface area contributed by atoms with Crippen LogP contribution in [0, 0.1) is 0 Å². The van der Waals surface area contributed by atoms with E-state index in [1.165, 1.54) is 0 Å². The molecule has 0 unspecified atom stereocenters. The van der Waals surface area contributed by atoms with Crippen molar-refractivity contribution in [3.05, 3.63) is 24.0 Å². The average molecular weight is 196 g/mol. The van der Waals surface area contributed by atoms with Crippen molar-refractivity contribution in [3.8, 4) is 0 Å². The Hall–Kier alpha value is -0.900. The van der Waals surface area contributed by atoms with Crippen LogP contribution in [-0.2, 0) is 6.54 Å². The lowest BCUT2D eigenvalue weighted by Crippen LogP contribution is -2.39. The lowest BCUT2D eigenvalue weighted by molar-refractivity contribution is 0.0739. The minimum Gasteiger partial charge on any atom is -0.342 e. The Morgan fingerprint density at radius 2 is 2.38 bits per heavy atom. The zero-order chi connectivity index (χ0) is 9.26. The Labute approximate surface area is 81.7 Å². The van der Waals surface area contributed by atoms with Crippen LogP contribution in [0.15, 0.2) is 18.3 Å². The van der Waals surface area contributed by atoms with Gasteiger partial charge in [0.15, 0.2) is 0 Å². The van der Waals surface area contributed by atoms with Crippen molar-refractivity contribution in [1.29, 1.82) is 0 Å². The van der Waals surface area contributed by atoms with Gasteiger partial charge in [-0.05, 0) is 18.4 Å². The molecule has 70 valence electrons. The van der Waals surface area contributed by atoms with Gasteiger partial charge in [0.25, 0.3) is 5.91 Å². The molecule has 0 atom stereocenters. The molecule has 1 amide bonds. The molecule has 0 saturated carbocycles. The van der Waals surface area contributed by atoms with E-state index in [1.54, 1.807) is 11.8 Å². The van der Waals surface area contributed by atoms with Crippen LogP contribution in [0.25, 0.3) is 0 Å². The first-order valence-electron chi connectivity index (χ1n) is 4.26. The molecular weight excluding hydrogens is 184 g/mol. The second-order valence-corrected chi connectivity index (χ2v) is 3.91. The quantitative estimate of drug-likeness (QED) is 0.711. The lowest BCUT2D eigenvalue weighted by atomic mass is 10.3. The van der Waals surface area contributed by atoms with Gasteiger partial charge in [0.1, 0.15) is 5.69 Å². The van der Waals surface area contributed by atoms with E-state index >= 15 is 0 Å². The van der Waals surface area contributed by atoms with Crippen LogP contribution >= 0.6 is 11.8 Å². The van der Waals surface area contributed by atoms with Crippen molar-refractivity contribution in [1.82, 2.24) is 9.47 Å². The van der Waals surface area contributed by atoms with Crippen molar-refractivity contribution >= 4 is 17.7 Å². The lowest BCUT2D eigenvalue weighted by Gasteiger charge is -2.27. The fourth-order valence-corrected chi connectivity index (χ4v) is 2.13. The summed E-state index contributed by atoms with van der Waals surface area (Å²) < 4.78 is 2.01. The molecule has 13 heavy (non-hydrogen) atoms. The van der Waals surface area contributed by atoms with Crippen LogP contribution in [0.4, 0.5) is 0 Å². The van der Waals surface area contributed by atoms with Crippen LogP contribution in [0.5, 0.6) is 0 Å². The summed E-state index contributed by atoms with van der Waals surface area (Å²) in [5, 5.41) is 0. The van der Waals surface area contributed by atoms with Gasteiger partial charge in [-0.15, -0.1) is 11.8 Å². The van der Waals surface area contributed by atoms with Crippen LogP contribution in [0.1, 0.15) is 10.5 Å². The van der Waals surface area contributed by atoms with Crippen molar-refractivity contribution in [2.24, 2.45) is 0 Å². The SMILES string of the molecule is CSCN1CCn2cccc2C1=O. The van der Waals surface area contributed by atoms with Gasteiger partial charge in [-0.25, -0.2) is 0 Å². The summed E-state index contributed by atoms with van der Waals surface area (Å²) in [7, 11) is 0. The van der Waals surface area contributed by atoms with Crippen molar-refractivity contribution in [2.75, 3.05) is 18.7 Å². The van der Waals surface area contributed by atoms with Gasteiger partial charge in [-0.2, -0.15) is 0 Å². The molecule has 0 saturated heterocycles. The van der Waals surface area contributed by atoms with E-state index in [0.29, 0.717) is 0 Å². The van der Waals surface area contributed by atoms with Gasteiger partial charge >= 0.3 is 0 Å². The summed E-state index contributed by atoms with van der Waals surface area (Å²) in [5.74, 6) is 0.954. The van der Waals surface area contributed by atoms with E-state index in [4.69, 9.17) is 0 Å². The molecule has 0 spiro atoms. The largest absolute Gasteiger partial charge is 0.342 e. The number of hydrogen-bond acceptors (Lipinski definition) is 2. The Balaban J connectivity index is 2.22. The highest BCUT2D eigenvalue weighted by Crippen LogP contribution is 2.14. The number of nitrogens with zero attached hydrogens (tertiary/aromatic N) is 2. The zero-order valence-electron chi connectivity index (χ0n) is 7.56. The van der Waals surface area contributed by atoms with E-state index in [0.717, 1.165) is 24.7 Å². The molecule has 0 aromatic carbocycles. The number of rotatable bonds is 2. The maximum Gasteiger partial charge on any atom is 0.271 e. The van der Waals surface area contributed by atoms with Crippen LogP contribution in [0.2, 0.25) is 0 Å². The molecule has 1 aromatic rings. The average Bonchev–Trinajstić information content (AvgIpc) is 2.58. The Morgan fingerprint density at radius 3 is 3.15 bits per heavy atom. The topological polar surface area (TPSA) is 25.2 Å². The summed E-state index contributed by atoms with van der Waals surface area (Å²) in [4.78, 5) is 13.6. The fraction of sp³-hybridized carbons (Fsp3) is 0.444. The molecule has 1 aliphatic heterocycles. The van der Waals surface area contributed by atoms with E-state index in [2.05, 4.69) is 0 Å². The number of thioether (sulfide) groups is 1. The summed E-state index contributed by atoms with van der Waals surface area (Å²) in [6, 6.07) is 3.81. The third kappa shape index (κ3) is 1.46. The third-order valence-electron chi connectivity index (χ3n) is 2.23. The zero-order valence-corrected chi connectivity index (χ0v) is 8.38. The Bertz CT molecular complexity index is 321. The summed E-state index contributed by atoms with van der Waals surface area (Å²) in [5.41, 5.74) is 0.820. The molecule has 2 heterocycles. The highest BCUT2D eigenvalue weighted by Gasteiger charge is 2.22. The second kappa shape index (κ2) is 3.46. The molecule has 0 N–H and O–H groups in total. The molecule has 1 aromatic heterocycles. The number of carbonyl (C=O) groups excluding carboxylic acids is 1. The monoisotopic (exact) mass is 196 g/mol. The number of fused-ring (bicyclic) bond motifs is 1. The number of hydrogen-bond donors (Lipinski definition) is 0. The highest BCUT2D eigenvalue weighted by atomic mass is 32.2. The molecule has 0 aliphatic carbocycles. The highest BCUT2D eigenvalue weighted by molar-refractivity contribution is 7.98. The van der Waals surface area contributed by atoms with Gasteiger partial charge in [-0.3, -0.25) is 4.79 Å². The van der Waals surface area contributed by atoms with Crippen LogP contribution in [-0.4, -0.2) is 34.1 Å². The van der Waals surface area contributed by atoms with Gasteiger partial charge in [-0.1, -0.05) is 0 Å². The Kier molecular flexibility index (Phi) is 2.31. The smallest absolute Gasteiger partial charge is 0.271 e. The van der Waals surface area contributed by atoms with Crippen molar-refractivity contribution in [3.63, 3.8) is 0 Å². The van der Waals surface area contributed by atoms with E-state index in [1.807, 2.05) is 34.1 Å². The molecular formula is C9H12N2OS. The third-order valence-corrected chi connectivity index (χ3v) is 2.80. The molecule has 4 heteroatoms. The minimum atomic E-state index is 0.158. The summed E-state index contributed by atoms with van der Waals surface area (Å²) in [6.45, 7) is 1.76. The van der Waals surface area contributed by atoms with Crippen LogP contribution < -0.4 is 0 Å². The van der Waals surface area contributed by atoms with Crippen molar-refractivity contribution < 1.29 is 4.79 Å². The molecule has 1 aliphatic rings. The summed E-state index contributed by atoms with van der Waals surface area (Å²) in [6.07, 6.45) is 3.98. The fourth-order valence-electron chi connectivity index (χ4n) is 1.57. The normalized spacial score (nSPS) is 16.1. The molecule has 0 fully saturated rings. The maximum atomic E-state index is 11.8. The van der Waals surface area contributed by atoms with Crippen molar-refractivity contribution in [2.45, 2.75) is 6.54 Å². The molecule has 3 nitrogen and oxygen atoms in total. The first-order valence-corrected chi connectivity index (χ1v) is 5.65. The predicted octanol–water partition coefficient (Wildman–Crippen LogP) is 1.26. The number of aromatic nitrogens is 1. The standard InChI is InChI=1S/C9H12N2OS/c1-13-7-11-6-5-10-4-2-3-8(10)9(11)12/h2-4H,5-7H2,1H3. The number of amides is 1. The van der Waals surface area contributed by atoms with Gasteiger partial charge < -0.3 is 9.47 Å². The van der Waals surface area contributed by atoms with Gasteiger partial charge in [0.2, 0.25) is 0 Å². The molecule has 0 radical (unpaired) electrons. The summed E-state index contributed by atoms with van der Waals surface area (Å²) >= 11 is 1.69. The first kappa shape index (κ1) is 8.69. The predicted molar refractivity (Wildman–Crippen MR) is 53.9 cm³/mol. The van der Waals surface area contributed by atoms with Gasteiger partial charge in [0.05, 0.1) is 5.88 Å². The molecule has 2 rings (SSSR count). The Morgan fingerprint density at radius 1 is 1.54 bits per heavy atom. The van der Waals surface area contributed by atoms with E-state index in [-0.39, 0.29) is 5.91 Å². The van der Waals surface area contributed by atoms with E-state index in [9.17, 15) is 4.79 Å². The molecule has 0 bridgehead atoms. The minimum absolute atomic E-state index is 0.158. The van der Waals surface area contributed by atoms with E-state index < -0.39 is 0 Å². The first-order chi connectivity index (χ1) is 6.33. The maximum absolute atomic E-state index is 11.8. The van der Waals surface area contributed by atoms with Crippen LogP contribution in [0.3, 0.4) is 0 Å². The van der Waals surface area contributed by atoms with Gasteiger partial charge in [0, 0.05) is 19.3 Å². The second-order valence-electron chi connectivity index (χ2n) is 3.07. The number of carbonyl (C=O) groups is 1.